The molecule has 96 valence electrons. The minimum atomic E-state index is -4.46. The zero-order valence-corrected chi connectivity index (χ0v) is 9.61. The smallest absolute Gasteiger partial charge is 0.211 e. The van der Waals surface area contributed by atoms with Crippen LogP contribution >= 0.6 is 0 Å². The first-order valence-electron chi connectivity index (χ1n) is 5.37. The molecule has 0 saturated carbocycles. The number of benzene rings is 2. The lowest BCUT2D eigenvalue weighted by Gasteiger charge is -2.13. The fourth-order valence-corrected chi connectivity index (χ4v) is 1.81. The third-order valence-corrected chi connectivity index (χ3v) is 2.59. The first kappa shape index (κ1) is 13.1. The van der Waals surface area contributed by atoms with Gasteiger partial charge in [-0.15, -0.1) is 0 Å². The summed E-state index contributed by atoms with van der Waals surface area (Å²) in [6, 6.07) is 11.3. The fourth-order valence-electron chi connectivity index (χ4n) is 1.81. The van der Waals surface area contributed by atoms with E-state index < -0.39 is 11.7 Å². The van der Waals surface area contributed by atoms with Gasteiger partial charge in [-0.3, -0.25) is 0 Å². The highest BCUT2D eigenvalue weighted by Crippen LogP contribution is 2.39. The number of hydrogen-bond donors (Lipinski definition) is 0. The van der Waals surface area contributed by atoms with Crippen molar-refractivity contribution in [3.8, 4) is 11.1 Å². The average molecular weight is 263 g/mol. The summed E-state index contributed by atoms with van der Waals surface area (Å²) in [7, 11) is 0. The molecule has 5 heteroatoms. The molecule has 0 amide bonds. The Kier molecular flexibility index (Phi) is 3.49. The molecule has 0 unspecified atom stereocenters. The second kappa shape index (κ2) is 5.08. The lowest BCUT2D eigenvalue weighted by atomic mass is 9.98. The molecule has 0 aliphatic carbocycles. The molecule has 19 heavy (non-hydrogen) atoms. The third kappa shape index (κ3) is 2.72. The number of hydrogen-bond acceptors (Lipinski definition) is 2. The second-order valence-corrected chi connectivity index (χ2v) is 3.76. The Morgan fingerprint density at radius 3 is 2.11 bits per heavy atom. The van der Waals surface area contributed by atoms with Gasteiger partial charge in [-0.2, -0.15) is 18.2 Å². The Morgan fingerprint density at radius 1 is 0.895 bits per heavy atom. The molecule has 0 saturated heterocycles. The van der Waals surface area contributed by atoms with Gasteiger partial charge in [-0.05, 0) is 17.7 Å². The zero-order chi connectivity index (χ0) is 13.9. The molecule has 0 fully saturated rings. The van der Waals surface area contributed by atoms with Gasteiger partial charge in [-0.1, -0.05) is 36.4 Å². The van der Waals surface area contributed by atoms with Crippen molar-refractivity contribution in [1.82, 2.24) is 0 Å². The van der Waals surface area contributed by atoms with Crippen LogP contribution in [0.2, 0.25) is 0 Å². The van der Waals surface area contributed by atoms with Gasteiger partial charge in [0.25, 0.3) is 0 Å². The monoisotopic (exact) mass is 263 g/mol. The van der Waals surface area contributed by atoms with Crippen LogP contribution in [-0.4, -0.2) is 6.08 Å². The molecule has 2 aromatic carbocycles. The molecule has 0 aliphatic rings. The zero-order valence-electron chi connectivity index (χ0n) is 9.61. The first-order valence-corrected chi connectivity index (χ1v) is 5.37. The highest BCUT2D eigenvalue weighted by molar-refractivity contribution is 5.79. The average Bonchev–Trinajstić information content (AvgIpc) is 2.39. The summed E-state index contributed by atoms with van der Waals surface area (Å²) in [5.41, 5.74) is -0.360. The van der Waals surface area contributed by atoms with E-state index in [1.54, 1.807) is 12.1 Å². The minimum Gasteiger partial charge on any atom is -0.211 e. The predicted octanol–water partition coefficient (Wildman–Crippen LogP) is 4.34. The SMILES string of the molecule is O=C=Nc1ccccc1-c1ccccc1C(F)(F)F. The van der Waals surface area contributed by atoms with Crippen molar-refractivity contribution < 1.29 is 18.0 Å². The largest absolute Gasteiger partial charge is 0.417 e. The van der Waals surface area contributed by atoms with E-state index in [0.717, 1.165) is 6.07 Å². The summed E-state index contributed by atoms with van der Waals surface area (Å²) in [4.78, 5) is 13.8. The Balaban J connectivity index is 2.70. The third-order valence-electron chi connectivity index (χ3n) is 2.59. The summed E-state index contributed by atoms with van der Waals surface area (Å²) >= 11 is 0. The van der Waals surface area contributed by atoms with Crippen molar-refractivity contribution in [2.24, 2.45) is 4.99 Å². The molecule has 2 rings (SSSR count). The van der Waals surface area contributed by atoms with Gasteiger partial charge < -0.3 is 0 Å². The Hall–Kier alpha value is -2.39. The molecule has 2 nitrogen and oxygen atoms in total. The predicted molar refractivity (Wildman–Crippen MR) is 64.7 cm³/mol. The van der Waals surface area contributed by atoms with Gasteiger partial charge in [0.2, 0.25) is 6.08 Å². The van der Waals surface area contributed by atoms with Gasteiger partial charge >= 0.3 is 6.18 Å². The van der Waals surface area contributed by atoms with E-state index in [0.29, 0.717) is 0 Å². The number of alkyl halides is 3. The van der Waals surface area contributed by atoms with Crippen LogP contribution < -0.4 is 0 Å². The van der Waals surface area contributed by atoms with Crippen LogP contribution in [0.1, 0.15) is 5.56 Å². The highest BCUT2D eigenvalue weighted by Gasteiger charge is 2.33. The molecule has 0 heterocycles. The van der Waals surface area contributed by atoms with Crippen LogP contribution in [0.3, 0.4) is 0 Å². The van der Waals surface area contributed by atoms with Crippen LogP contribution in [0.5, 0.6) is 0 Å². The number of isocyanates is 1. The lowest BCUT2D eigenvalue weighted by Crippen LogP contribution is -2.06. The summed E-state index contributed by atoms with van der Waals surface area (Å²) in [6.07, 6.45) is -3.12. The number of carbonyl (C=O) groups excluding carboxylic acids is 1. The molecule has 0 bridgehead atoms. The number of halogens is 3. The molecule has 0 aromatic heterocycles. The van der Waals surface area contributed by atoms with Gasteiger partial charge in [0, 0.05) is 5.56 Å². The van der Waals surface area contributed by atoms with E-state index in [4.69, 9.17) is 0 Å². The van der Waals surface area contributed by atoms with E-state index >= 15 is 0 Å². The molecule has 2 aromatic rings. The van der Waals surface area contributed by atoms with Crippen molar-refractivity contribution in [2.75, 3.05) is 0 Å². The van der Waals surface area contributed by atoms with Crippen molar-refractivity contribution in [3.63, 3.8) is 0 Å². The van der Waals surface area contributed by atoms with E-state index in [2.05, 4.69) is 4.99 Å². The number of rotatable bonds is 2. The van der Waals surface area contributed by atoms with E-state index in [-0.39, 0.29) is 16.8 Å². The molecule has 0 atom stereocenters. The minimum absolute atomic E-state index is 0.00963. The first-order chi connectivity index (χ1) is 9.04. The van der Waals surface area contributed by atoms with Gasteiger partial charge in [0.15, 0.2) is 0 Å². The van der Waals surface area contributed by atoms with Gasteiger partial charge in [0.1, 0.15) is 0 Å². The quantitative estimate of drug-likeness (QED) is 0.585. The van der Waals surface area contributed by atoms with Crippen LogP contribution in [0.4, 0.5) is 18.9 Å². The molecule has 0 radical (unpaired) electrons. The van der Waals surface area contributed by atoms with Crippen molar-refractivity contribution in [2.45, 2.75) is 6.18 Å². The summed E-state index contributed by atoms with van der Waals surface area (Å²) in [5, 5.41) is 0. The maximum atomic E-state index is 12.9. The van der Waals surface area contributed by atoms with Gasteiger partial charge in [0.05, 0.1) is 11.3 Å². The molecular formula is C14H8F3NO. The Morgan fingerprint density at radius 2 is 1.47 bits per heavy atom. The van der Waals surface area contributed by atoms with Crippen molar-refractivity contribution >= 4 is 11.8 Å². The number of nitrogens with zero attached hydrogens (tertiary/aromatic N) is 1. The topological polar surface area (TPSA) is 29.4 Å². The van der Waals surface area contributed by atoms with Crippen LogP contribution in [-0.2, 0) is 11.0 Å². The van der Waals surface area contributed by atoms with Crippen molar-refractivity contribution in [1.29, 1.82) is 0 Å². The highest BCUT2D eigenvalue weighted by atomic mass is 19.4. The normalized spacial score (nSPS) is 10.9. The van der Waals surface area contributed by atoms with Crippen LogP contribution in [0.15, 0.2) is 53.5 Å². The number of aliphatic imine (C=N–C) groups is 1. The summed E-state index contributed by atoms with van der Waals surface area (Å²) < 4.78 is 38.8. The molecule has 0 spiro atoms. The van der Waals surface area contributed by atoms with Crippen LogP contribution in [0.25, 0.3) is 11.1 Å². The lowest BCUT2D eigenvalue weighted by molar-refractivity contribution is -0.137. The van der Waals surface area contributed by atoms with Crippen molar-refractivity contribution in [3.05, 3.63) is 54.1 Å². The second-order valence-electron chi connectivity index (χ2n) is 3.76. The van der Waals surface area contributed by atoms with E-state index in [1.807, 2.05) is 0 Å². The van der Waals surface area contributed by atoms with Crippen LogP contribution in [0, 0.1) is 0 Å². The number of para-hydroxylation sites is 1. The van der Waals surface area contributed by atoms with E-state index in [1.165, 1.54) is 36.4 Å². The molecule has 0 aliphatic heterocycles. The maximum Gasteiger partial charge on any atom is 0.417 e. The maximum absolute atomic E-state index is 12.9. The van der Waals surface area contributed by atoms with Gasteiger partial charge in [-0.25, -0.2) is 4.79 Å². The molecule has 0 N–H and O–H groups in total. The fraction of sp³-hybridized carbons (Fsp3) is 0.0714. The Bertz CT molecular complexity index is 643. The van der Waals surface area contributed by atoms with E-state index in [9.17, 15) is 18.0 Å². The summed E-state index contributed by atoms with van der Waals surface area (Å²) in [5.74, 6) is 0. The molecular weight excluding hydrogens is 255 g/mol. The standard InChI is InChI=1S/C14H8F3NO/c15-14(16,17)12-7-3-1-5-10(12)11-6-2-4-8-13(11)18-9-19/h1-8H. The summed E-state index contributed by atoms with van der Waals surface area (Å²) in [6.45, 7) is 0. The Labute approximate surface area is 107 Å².